The maximum absolute atomic E-state index is 13.0. The van der Waals surface area contributed by atoms with Crippen LogP contribution in [0.2, 0.25) is 0 Å². The summed E-state index contributed by atoms with van der Waals surface area (Å²) in [6.45, 7) is 2.79. The second kappa shape index (κ2) is 7.81. The van der Waals surface area contributed by atoms with E-state index in [9.17, 15) is 22.8 Å². The van der Waals surface area contributed by atoms with Gasteiger partial charge in [0.05, 0.1) is 6.04 Å². The topological polar surface area (TPSA) is 60.1 Å². The highest BCUT2D eigenvalue weighted by atomic mass is 19.4. The Balaban J connectivity index is 1.62. The maximum Gasteiger partial charge on any atom is 0.451 e. The molecular weight excluding hydrogens is 373 g/mol. The molecule has 1 aromatic heterocycles. The number of likely N-dealkylation sites (tertiary alicyclic amines) is 1. The number of carbonyl (C=O) groups is 1. The van der Waals surface area contributed by atoms with Crippen LogP contribution in [-0.4, -0.2) is 38.2 Å². The lowest BCUT2D eigenvalue weighted by molar-refractivity contribution is -0.147. The van der Waals surface area contributed by atoms with Gasteiger partial charge < -0.3 is 4.90 Å². The quantitative estimate of drug-likeness (QED) is 0.798. The van der Waals surface area contributed by atoms with Gasteiger partial charge in [-0.1, -0.05) is 37.3 Å². The van der Waals surface area contributed by atoms with E-state index in [4.69, 9.17) is 0 Å². The number of aromatic nitrogens is 3. The molecule has 152 valence electrons. The summed E-state index contributed by atoms with van der Waals surface area (Å²) in [5.74, 6) is -1.11. The Kier molecular flexibility index (Phi) is 5.62. The zero-order valence-corrected chi connectivity index (χ0v) is 15.8. The average Bonchev–Trinajstić information content (AvgIpc) is 2.98. The molecule has 2 aromatic rings. The zero-order chi connectivity index (χ0) is 20.5. The number of hydrogen-bond acceptors (Lipinski definition) is 3. The van der Waals surface area contributed by atoms with Crippen molar-refractivity contribution in [3.63, 3.8) is 0 Å². The van der Waals surface area contributed by atoms with E-state index in [0.717, 1.165) is 17.3 Å². The Morgan fingerprint density at radius 3 is 2.36 bits per heavy atom. The van der Waals surface area contributed by atoms with Crippen LogP contribution < -0.4 is 5.69 Å². The first-order chi connectivity index (χ1) is 13.2. The Bertz CT molecular complexity index is 881. The summed E-state index contributed by atoms with van der Waals surface area (Å²) in [5, 5.41) is 3.50. The van der Waals surface area contributed by atoms with Gasteiger partial charge in [0, 0.05) is 26.6 Å². The summed E-state index contributed by atoms with van der Waals surface area (Å²) >= 11 is 0. The van der Waals surface area contributed by atoms with E-state index in [0.29, 0.717) is 36.9 Å². The Labute approximate surface area is 160 Å². The van der Waals surface area contributed by atoms with Crippen molar-refractivity contribution in [3.05, 3.63) is 52.2 Å². The van der Waals surface area contributed by atoms with E-state index in [-0.39, 0.29) is 11.8 Å². The van der Waals surface area contributed by atoms with Crippen LogP contribution >= 0.6 is 0 Å². The number of carbonyl (C=O) groups excluding carboxylic acids is 1. The van der Waals surface area contributed by atoms with Gasteiger partial charge in [-0.05, 0) is 24.3 Å². The van der Waals surface area contributed by atoms with Crippen molar-refractivity contribution in [1.82, 2.24) is 19.2 Å². The zero-order valence-electron chi connectivity index (χ0n) is 15.8. The molecule has 28 heavy (non-hydrogen) atoms. The summed E-state index contributed by atoms with van der Waals surface area (Å²) in [6, 6.07) is 9.31. The molecule has 1 aliphatic heterocycles. The van der Waals surface area contributed by atoms with Crippen LogP contribution in [0.5, 0.6) is 0 Å². The Hall–Kier alpha value is -2.58. The summed E-state index contributed by atoms with van der Waals surface area (Å²) in [5.41, 5.74) is 0.306. The van der Waals surface area contributed by atoms with Crippen molar-refractivity contribution in [1.29, 1.82) is 0 Å². The van der Waals surface area contributed by atoms with E-state index in [1.165, 1.54) is 0 Å². The number of hydrogen-bond donors (Lipinski definition) is 0. The number of amides is 1. The van der Waals surface area contributed by atoms with Gasteiger partial charge >= 0.3 is 11.9 Å². The molecule has 0 saturated carbocycles. The molecule has 0 aliphatic carbocycles. The van der Waals surface area contributed by atoms with Crippen LogP contribution in [0.1, 0.15) is 49.5 Å². The number of halogens is 3. The van der Waals surface area contributed by atoms with Crippen LogP contribution in [-0.2, 0) is 18.0 Å². The Morgan fingerprint density at radius 2 is 1.82 bits per heavy atom. The SMILES string of the molecule is C[C@H](CC(=O)N1CCC(n2nc(C(F)(F)F)n(C)c2=O)CC1)c1ccccc1. The third-order valence-corrected chi connectivity index (χ3v) is 5.27. The Morgan fingerprint density at radius 1 is 1.21 bits per heavy atom. The number of benzene rings is 1. The van der Waals surface area contributed by atoms with E-state index >= 15 is 0 Å². The fourth-order valence-corrected chi connectivity index (χ4v) is 3.59. The lowest BCUT2D eigenvalue weighted by atomic mass is 9.96. The van der Waals surface area contributed by atoms with Crippen molar-refractivity contribution < 1.29 is 18.0 Å². The molecular formula is C19H23F3N4O2. The predicted molar refractivity (Wildman–Crippen MR) is 96.8 cm³/mol. The molecule has 0 spiro atoms. The summed E-state index contributed by atoms with van der Waals surface area (Å²) in [4.78, 5) is 26.4. The fourth-order valence-electron chi connectivity index (χ4n) is 3.59. The van der Waals surface area contributed by atoms with Crippen LogP contribution in [0.25, 0.3) is 0 Å². The summed E-state index contributed by atoms with van der Waals surface area (Å²) in [6.07, 6.45) is -3.50. The minimum atomic E-state index is -4.68. The molecule has 2 heterocycles. The molecule has 0 radical (unpaired) electrons. The molecule has 0 bridgehead atoms. The molecule has 1 atom stereocenters. The first-order valence-corrected chi connectivity index (χ1v) is 9.24. The first kappa shape index (κ1) is 20.2. The van der Waals surface area contributed by atoms with Crippen LogP contribution in [0.15, 0.2) is 35.1 Å². The number of piperidine rings is 1. The normalized spacial score (nSPS) is 17.0. The third kappa shape index (κ3) is 4.13. The molecule has 0 unspecified atom stereocenters. The fraction of sp³-hybridized carbons (Fsp3) is 0.526. The van der Waals surface area contributed by atoms with Crippen molar-refractivity contribution in [3.8, 4) is 0 Å². The monoisotopic (exact) mass is 396 g/mol. The highest BCUT2D eigenvalue weighted by Gasteiger charge is 2.39. The highest BCUT2D eigenvalue weighted by Crippen LogP contribution is 2.28. The van der Waals surface area contributed by atoms with E-state index in [2.05, 4.69) is 5.10 Å². The van der Waals surface area contributed by atoms with Gasteiger partial charge in [-0.25, -0.2) is 9.48 Å². The second-order valence-corrected chi connectivity index (χ2v) is 7.24. The molecule has 1 aliphatic rings. The molecule has 1 saturated heterocycles. The minimum absolute atomic E-state index is 0.0131. The van der Waals surface area contributed by atoms with Gasteiger partial charge in [0.15, 0.2) is 0 Å². The van der Waals surface area contributed by atoms with Crippen molar-refractivity contribution in [2.24, 2.45) is 7.05 Å². The van der Waals surface area contributed by atoms with E-state index in [1.807, 2.05) is 37.3 Å². The largest absolute Gasteiger partial charge is 0.451 e. The lowest BCUT2D eigenvalue weighted by Gasteiger charge is -2.32. The summed E-state index contributed by atoms with van der Waals surface area (Å²) in [7, 11) is 1.07. The predicted octanol–water partition coefficient (Wildman–Crippen LogP) is 2.96. The van der Waals surface area contributed by atoms with Gasteiger partial charge in [-0.3, -0.25) is 9.36 Å². The highest BCUT2D eigenvalue weighted by molar-refractivity contribution is 5.77. The lowest BCUT2D eigenvalue weighted by Crippen LogP contribution is -2.41. The molecule has 1 fully saturated rings. The van der Waals surface area contributed by atoms with Gasteiger partial charge in [0.2, 0.25) is 11.7 Å². The van der Waals surface area contributed by atoms with Gasteiger partial charge in [0.1, 0.15) is 0 Å². The molecule has 1 aromatic carbocycles. The molecule has 9 heteroatoms. The molecule has 3 rings (SSSR count). The van der Waals surface area contributed by atoms with Crippen molar-refractivity contribution in [2.75, 3.05) is 13.1 Å². The third-order valence-electron chi connectivity index (χ3n) is 5.27. The second-order valence-electron chi connectivity index (χ2n) is 7.24. The standard InChI is InChI=1S/C19H23F3N4O2/c1-13(14-6-4-3-5-7-14)12-16(27)25-10-8-15(9-11-25)26-18(28)24(2)17(23-26)19(20,21)22/h3-7,13,15H,8-12H2,1-2H3/t13-/m1/s1. The number of alkyl halides is 3. The molecule has 0 N–H and O–H groups in total. The van der Waals surface area contributed by atoms with Gasteiger partial charge in [-0.2, -0.15) is 13.2 Å². The number of rotatable bonds is 4. The van der Waals surface area contributed by atoms with Crippen molar-refractivity contribution in [2.45, 2.75) is 44.3 Å². The maximum atomic E-state index is 13.0. The number of nitrogens with zero attached hydrogens (tertiary/aromatic N) is 4. The first-order valence-electron chi connectivity index (χ1n) is 9.24. The summed E-state index contributed by atoms with van der Waals surface area (Å²) < 4.78 is 40.3. The van der Waals surface area contributed by atoms with E-state index in [1.54, 1.807) is 4.90 Å². The van der Waals surface area contributed by atoms with E-state index < -0.39 is 23.7 Å². The minimum Gasteiger partial charge on any atom is -0.343 e. The smallest absolute Gasteiger partial charge is 0.343 e. The van der Waals surface area contributed by atoms with Gasteiger partial charge in [0.25, 0.3) is 0 Å². The van der Waals surface area contributed by atoms with Crippen molar-refractivity contribution >= 4 is 5.91 Å². The van der Waals surface area contributed by atoms with Gasteiger partial charge in [-0.15, -0.1) is 5.10 Å². The van der Waals surface area contributed by atoms with Crippen LogP contribution in [0.3, 0.4) is 0 Å². The molecule has 1 amide bonds. The van der Waals surface area contributed by atoms with Crippen LogP contribution in [0.4, 0.5) is 13.2 Å². The molecule has 6 nitrogen and oxygen atoms in total. The average molecular weight is 396 g/mol. The van der Waals surface area contributed by atoms with Crippen LogP contribution in [0, 0.1) is 0 Å².